The number of imide groups is 2. The summed E-state index contributed by atoms with van der Waals surface area (Å²) >= 11 is 0. The number of aryl methyl sites for hydroxylation is 1. The number of amides is 4. The number of carboxylic acid groups (broad SMARTS) is 1. The van der Waals surface area contributed by atoms with Gasteiger partial charge in [0.1, 0.15) is 17.9 Å². The quantitative estimate of drug-likeness (QED) is 0.395. The number of carbonyl (C=O) groups excluding carboxylic acids is 3. The Bertz CT molecular complexity index is 1330. The minimum atomic E-state index is -1.02. The van der Waals surface area contributed by atoms with Crippen LogP contribution in [0.4, 0.5) is 10.5 Å². The summed E-state index contributed by atoms with van der Waals surface area (Å²) in [5, 5.41) is 11.2. The Hall–Kier alpha value is -4.72. The Balaban J connectivity index is 1.59. The smallest absolute Gasteiger partial charge is 0.335 e. The van der Waals surface area contributed by atoms with E-state index in [2.05, 4.69) is 5.32 Å². The molecule has 1 aliphatic heterocycles. The van der Waals surface area contributed by atoms with Crippen molar-refractivity contribution in [2.75, 3.05) is 4.90 Å². The normalized spacial score (nSPS) is 14.7. The van der Waals surface area contributed by atoms with Crippen molar-refractivity contribution in [2.45, 2.75) is 20.0 Å². The Labute approximate surface area is 201 Å². The first-order chi connectivity index (χ1) is 16.9. The summed E-state index contributed by atoms with van der Waals surface area (Å²) in [7, 11) is 0. The van der Waals surface area contributed by atoms with E-state index in [-0.39, 0.29) is 17.7 Å². The summed E-state index contributed by atoms with van der Waals surface area (Å²) in [6.07, 6.45) is 2.20. The summed E-state index contributed by atoms with van der Waals surface area (Å²) in [6.45, 7) is 2.15. The molecule has 3 aromatic carbocycles. The maximum atomic E-state index is 13.2. The molecule has 2 N–H and O–H groups in total. The third kappa shape index (κ3) is 5.11. The largest absolute Gasteiger partial charge is 0.488 e. The molecule has 0 aliphatic carbocycles. The minimum Gasteiger partial charge on any atom is -0.488 e. The van der Waals surface area contributed by atoms with Crippen LogP contribution in [-0.2, 0) is 22.6 Å². The highest BCUT2D eigenvalue weighted by Crippen LogP contribution is 2.26. The molecular weight excluding hydrogens is 448 g/mol. The Kier molecular flexibility index (Phi) is 6.73. The van der Waals surface area contributed by atoms with Gasteiger partial charge in [0.05, 0.1) is 11.3 Å². The zero-order valence-electron chi connectivity index (χ0n) is 18.9. The van der Waals surface area contributed by atoms with Gasteiger partial charge in [-0.3, -0.25) is 14.9 Å². The second-order valence-electron chi connectivity index (χ2n) is 7.81. The van der Waals surface area contributed by atoms with E-state index in [1.165, 1.54) is 18.2 Å². The first kappa shape index (κ1) is 23.4. The number of rotatable bonds is 7. The van der Waals surface area contributed by atoms with Crippen LogP contribution in [0.15, 0.2) is 78.4 Å². The van der Waals surface area contributed by atoms with Gasteiger partial charge < -0.3 is 9.84 Å². The van der Waals surface area contributed by atoms with Crippen LogP contribution in [0.5, 0.6) is 5.75 Å². The number of nitrogens with zero attached hydrogens (tertiary/aromatic N) is 1. The molecule has 3 aromatic rings. The van der Waals surface area contributed by atoms with Crippen LogP contribution in [0.3, 0.4) is 0 Å². The van der Waals surface area contributed by atoms with Crippen molar-refractivity contribution in [1.82, 2.24) is 5.32 Å². The molecule has 176 valence electrons. The fourth-order valence-corrected chi connectivity index (χ4v) is 3.56. The molecule has 8 heteroatoms. The molecule has 1 saturated heterocycles. The SMILES string of the molecule is CCc1ccc(N2C(=O)NC(=O)/C(=C/c3ccccc3OCc3ccc(C(=O)O)cc3)C2=O)cc1. The van der Waals surface area contributed by atoms with Crippen molar-refractivity contribution in [1.29, 1.82) is 0 Å². The average Bonchev–Trinajstić information content (AvgIpc) is 2.86. The first-order valence-electron chi connectivity index (χ1n) is 10.9. The van der Waals surface area contributed by atoms with Gasteiger partial charge in [0.2, 0.25) is 0 Å². The third-order valence-electron chi connectivity index (χ3n) is 5.52. The lowest BCUT2D eigenvalue weighted by molar-refractivity contribution is -0.122. The van der Waals surface area contributed by atoms with E-state index in [0.29, 0.717) is 17.0 Å². The molecular formula is C27H22N2O6. The summed E-state index contributed by atoms with van der Waals surface area (Å²) in [5.41, 5.74) is 2.60. The fourth-order valence-electron chi connectivity index (χ4n) is 3.56. The van der Waals surface area contributed by atoms with E-state index in [1.54, 1.807) is 48.5 Å². The summed E-state index contributed by atoms with van der Waals surface area (Å²) in [5.74, 6) is -2.13. The molecule has 0 aromatic heterocycles. The molecule has 0 radical (unpaired) electrons. The number of benzene rings is 3. The molecule has 35 heavy (non-hydrogen) atoms. The van der Waals surface area contributed by atoms with Crippen molar-refractivity contribution in [2.24, 2.45) is 0 Å². The monoisotopic (exact) mass is 470 g/mol. The molecule has 1 fully saturated rings. The Morgan fingerprint density at radius 1 is 0.943 bits per heavy atom. The van der Waals surface area contributed by atoms with Crippen molar-refractivity contribution < 1.29 is 29.0 Å². The summed E-state index contributed by atoms with van der Waals surface area (Å²) in [4.78, 5) is 50.1. The van der Waals surface area contributed by atoms with Gasteiger partial charge in [0.15, 0.2) is 0 Å². The second kappa shape index (κ2) is 10.0. The van der Waals surface area contributed by atoms with Gasteiger partial charge in [0, 0.05) is 5.56 Å². The van der Waals surface area contributed by atoms with Gasteiger partial charge in [0.25, 0.3) is 11.8 Å². The lowest BCUT2D eigenvalue weighted by Crippen LogP contribution is -2.54. The van der Waals surface area contributed by atoms with Gasteiger partial charge in [-0.2, -0.15) is 0 Å². The molecule has 1 heterocycles. The zero-order valence-corrected chi connectivity index (χ0v) is 18.9. The predicted octanol–water partition coefficient (Wildman–Crippen LogP) is 4.19. The molecule has 0 bridgehead atoms. The standard InChI is InChI=1S/C27H22N2O6/c1-2-17-9-13-21(14-10-17)29-25(31)22(24(30)28-27(29)34)15-20-5-3-4-6-23(20)35-16-18-7-11-19(12-8-18)26(32)33/h3-15H,2,16H2,1H3,(H,32,33)(H,28,30,34)/b22-15-. The lowest BCUT2D eigenvalue weighted by Gasteiger charge is -2.26. The number of anilines is 1. The summed E-state index contributed by atoms with van der Waals surface area (Å²) < 4.78 is 5.88. The van der Waals surface area contributed by atoms with Crippen LogP contribution >= 0.6 is 0 Å². The molecule has 4 rings (SSSR count). The third-order valence-corrected chi connectivity index (χ3v) is 5.52. The van der Waals surface area contributed by atoms with Crippen molar-refractivity contribution in [3.63, 3.8) is 0 Å². The minimum absolute atomic E-state index is 0.147. The van der Waals surface area contributed by atoms with Gasteiger partial charge in [-0.1, -0.05) is 49.4 Å². The number of carbonyl (C=O) groups is 4. The van der Waals surface area contributed by atoms with E-state index in [1.807, 2.05) is 19.1 Å². The number of carboxylic acids is 1. The number of ether oxygens (including phenoxy) is 1. The van der Waals surface area contributed by atoms with E-state index >= 15 is 0 Å². The van der Waals surface area contributed by atoms with Crippen LogP contribution < -0.4 is 15.0 Å². The Morgan fingerprint density at radius 3 is 2.26 bits per heavy atom. The van der Waals surface area contributed by atoms with Crippen LogP contribution in [-0.4, -0.2) is 28.9 Å². The number of aromatic carboxylic acids is 1. The van der Waals surface area contributed by atoms with Gasteiger partial charge in [-0.25, -0.2) is 14.5 Å². The number of barbiturate groups is 1. The molecule has 0 saturated carbocycles. The van der Waals surface area contributed by atoms with E-state index in [4.69, 9.17) is 9.84 Å². The maximum absolute atomic E-state index is 13.2. The van der Waals surface area contributed by atoms with Crippen LogP contribution in [0.2, 0.25) is 0 Å². The van der Waals surface area contributed by atoms with Crippen LogP contribution in [0, 0.1) is 0 Å². The Morgan fingerprint density at radius 2 is 1.60 bits per heavy atom. The number of hydrogen-bond acceptors (Lipinski definition) is 5. The lowest BCUT2D eigenvalue weighted by atomic mass is 10.1. The zero-order chi connectivity index (χ0) is 24.9. The molecule has 0 spiro atoms. The molecule has 8 nitrogen and oxygen atoms in total. The van der Waals surface area contributed by atoms with E-state index < -0.39 is 23.8 Å². The van der Waals surface area contributed by atoms with Gasteiger partial charge >= 0.3 is 12.0 Å². The molecule has 4 amide bonds. The second-order valence-corrected chi connectivity index (χ2v) is 7.81. The van der Waals surface area contributed by atoms with E-state index in [0.717, 1.165) is 22.4 Å². The fraction of sp³-hybridized carbons (Fsp3) is 0.111. The van der Waals surface area contributed by atoms with E-state index in [9.17, 15) is 19.2 Å². The predicted molar refractivity (Wildman–Crippen MR) is 129 cm³/mol. The topological polar surface area (TPSA) is 113 Å². The van der Waals surface area contributed by atoms with Crippen molar-refractivity contribution in [3.8, 4) is 5.75 Å². The van der Waals surface area contributed by atoms with Crippen LogP contribution in [0.25, 0.3) is 6.08 Å². The average molecular weight is 470 g/mol. The molecule has 1 aliphatic rings. The highest BCUT2D eigenvalue weighted by molar-refractivity contribution is 6.39. The number of urea groups is 1. The van der Waals surface area contributed by atoms with Crippen molar-refractivity contribution in [3.05, 3.63) is 101 Å². The molecule has 0 atom stereocenters. The summed E-state index contributed by atoms with van der Waals surface area (Å²) in [6, 6.07) is 19.3. The highest BCUT2D eigenvalue weighted by Gasteiger charge is 2.36. The van der Waals surface area contributed by atoms with Crippen LogP contribution in [0.1, 0.15) is 34.0 Å². The van der Waals surface area contributed by atoms with Gasteiger partial charge in [-0.15, -0.1) is 0 Å². The number of nitrogens with one attached hydrogen (secondary N) is 1. The first-order valence-corrected chi connectivity index (χ1v) is 10.9. The number of hydrogen-bond donors (Lipinski definition) is 2. The molecule has 0 unspecified atom stereocenters. The van der Waals surface area contributed by atoms with Gasteiger partial charge in [-0.05, 0) is 54.0 Å². The van der Waals surface area contributed by atoms with Crippen molar-refractivity contribution >= 4 is 35.6 Å². The number of para-hydroxylation sites is 1. The maximum Gasteiger partial charge on any atom is 0.335 e. The highest BCUT2D eigenvalue weighted by atomic mass is 16.5.